The first kappa shape index (κ1) is 17.2. The Labute approximate surface area is 145 Å². The van der Waals surface area contributed by atoms with Gasteiger partial charge in [0.05, 0.1) is 30.9 Å². The first-order chi connectivity index (χ1) is 11.9. The molecule has 0 spiro atoms. The zero-order valence-electron chi connectivity index (χ0n) is 14.1. The molecule has 2 aromatic heterocycles. The molecule has 3 rings (SSSR count). The second-order valence-corrected chi connectivity index (χ2v) is 7.28. The number of methoxy groups -OCH3 is 1. The van der Waals surface area contributed by atoms with Crippen LogP contribution in [0.2, 0.25) is 0 Å². The third-order valence-corrected chi connectivity index (χ3v) is 5.53. The zero-order chi connectivity index (χ0) is 18.0. The number of H-pyrrole nitrogens is 1. The number of aromatic amines is 1. The molecule has 2 N–H and O–H groups in total. The fraction of sp³-hybridized carbons (Fsp3) is 0.250. The molecule has 0 bridgehead atoms. The summed E-state index contributed by atoms with van der Waals surface area (Å²) in [6.07, 6.45) is 2.95. The highest BCUT2D eigenvalue weighted by molar-refractivity contribution is 7.89. The van der Waals surface area contributed by atoms with Gasteiger partial charge in [0.1, 0.15) is 10.6 Å². The van der Waals surface area contributed by atoms with Crippen molar-refractivity contribution in [2.45, 2.75) is 18.4 Å². The SMILES string of the molecule is COc1ccc(-c2[nH]ncc2CNS(=O)(=O)c2cnn(C)c2C)cc1. The summed E-state index contributed by atoms with van der Waals surface area (Å²) in [6.45, 7) is 1.83. The van der Waals surface area contributed by atoms with Crippen molar-refractivity contribution < 1.29 is 13.2 Å². The van der Waals surface area contributed by atoms with Crippen LogP contribution in [-0.2, 0) is 23.6 Å². The summed E-state index contributed by atoms with van der Waals surface area (Å²) in [7, 11) is -0.347. The average molecular weight is 361 g/mol. The molecule has 0 saturated carbocycles. The van der Waals surface area contributed by atoms with Crippen LogP contribution in [0, 0.1) is 6.92 Å². The van der Waals surface area contributed by atoms with Crippen molar-refractivity contribution in [1.29, 1.82) is 0 Å². The molecule has 0 fully saturated rings. The Hall–Kier alpha value is -2.65. The highest BCUT2D eigenvalue weighted by Crippen LogP contribution is 2.24. The minimum absolute atomic E-state index is 0.120. The van der Waals surface area contributed by atoms with Gasteiger partial charge < -0.3 is 4.74 Å². The van der Waals surface area contributed by atoms with E-state index in [1.54, 1.807) is 27.3 Å². The molecule has 8 nitrogen and oxygen atoms in total. The Kier molecular flexibility index (Phi) is 4.60. The van der Waals surface area contributed by atoms with Crippen LogP contribution in [0.3, 0.4) is 0 Å². The summed E-state index contributed by atoms with van der Waals surface area (Å²) in [5.41, 5.74) is 2.98. The molecular formula is C16H19N5O3S. The van der Waals surface area contributed by atoms with E-state index in [4.69, 9.17) is 4.74 Å². The second kappa shape index (κ2) is 6.69. The van der Waals surface area contributed by atoms with Gasteiger partial charge in [-0.15, -0.1) is 0 Å². The van der Waals surface area contributed by atoms with Crippen LogP contribution in [-0.4, -0.2) is 35.5 Å². The predicted molar refractivity (Wildman–Crippen MR) is 92.5 cm³/mol. The smallest absolute Gasteiger partial charge is 0.244 e. The zero-order valence-corrected chi connectivity index (χ0v) is 15.0. The van der Waals surface area contributed by atoms with Gasteiger partial charge in [0.15, 0.2) is 0 Å². The first-order valence-corrected chi connectivity index (χ1v) is 9.05. The Balaban J connectivity index is 1.80. The second-order valence-electron chi connectivity index (χ2n) is 5.54. The van der Waals surface area contributed by atoms with Crippen molar-refractivity contribution >= 4 is 10.0 Å². The van der Waals surface area contributed by atoms with Crippen LogP contribution in [0.4, 0.5) is 0 Å². The quantitative estimate of drug-likeness (QED) is 0.694. The van der Waals surface area contributed by atoms with Crippen LogP contribution in [0.5, 0.6) is 5.75 Å². The molecular weight excluding hydrogens is 342 g/mol. The third kappa shape index (κ3) is 3.42. The molecule has 2 heterocycles. The monoisotopic (exact) mass is 361 g/mol. The number of nitrogens with one attached hydrogen (secondary N) is 2. The van der Waals surface area contributed by atoms with Gasteiger partial charge in [-0.2, -0.15) is 10.2 Å². The van der Waals surface area contributed by atoms with E-state index in [9.17, 15) is 8.42 Å². The van der Waals surface area contributed by atoms with Gasteiger partial charge in [-0.1, -0.05) is 0 Å². The van der Waals surface area contributed by atoms with Crippen molar-refractivity contribution in [1.82, 2.24) is 24.7 Å². The van der Waals surface area contributed by atoms with Gasteiger partial charge in [0.2, 0.25) is 10.0 Å². The summed E-state index contributed by atoms with van der Waals surface area (Å²) in [5.74, 6) is 0.748. The number of benzene rings is 1. The van der Waals surface area contributed by atoms with Crippen LogP contribution in [0.1, 0.15) is 11.3 Å². The molecule has 0 saturated heterocycles. The number of aromatic nitrogens is 4. The lowest BCUT2D eigenvalue weighted by Gasteiger charge is -2.07. The van der Waals surface area contributed by atoms with E-state index in [-0.39, 0.29) is 11.4 Å². The fourth-order valence-electron chi connectivity index (χ4n) is 2.45. The molecule has 0 aliphatic heterocycles. The Morgan fingerprint density at radius 2 is 1.96 bits per heavy atom. The molecule has 0 radical (unpaired) electrons. The molecule has 0 unspecified atom stereocenters. The van der Waals surface area contributed by atoms with Gasteiger partial charge in [-0.3, -0.25) is 9.78 Å². The lowest BCUT2D eigenvalue weighted by Crippen LogP contribution is -2.23. The standard InChI is InChI=1S/C16H19N5O3S/c1-11-15(10-18-21(11)2)25(22,23)19-9-13-8-17-20-16(13)12-4-6-14(24-3)7-5-12/h4-8,10,19H,9H2,1-3H3,(H,17,20). The van der Waals surface area contributed by atoms with Crippen molar-refractivity contribution in [3.8, 4) is 17.0 Å². The van der Waals surface area contributed by atoms with Crippen molar-refractivity contribution in [3.63, 3.8) is 0 Å². The fourth-order valence-corrected chi connectivity index (χ4v) is 3.65. The largest absolute Gasteiger partial charge is 0.497 e. The maximum Gasteiger partial charge on any atom is 0.244 e. The van der Waals surface area contributed by atoms with Gasteiger partial charge >= 0.3 is 0 Å². The molecule has 0 aliphatic carbocycles. The van der Waals surface area contributed by atoms with Crippen molar-refractivity contribution in [2.24, 2.45) is 7.05 Å². The Morgan fingerprint density at radius 1 is 1.24 bits per heavy atom. The number of nitrogens with zero attached hydrogens (tertiary/aromatic N) is 3. The van der Waals surface area contributed by atoms with E-state index < -0.39 is 10.0 Å². The number of hydrogen-bond donors (Lipinski definition) is 2. The highest BCUT2D eigenvalue weighted by atomic mass is 32.2. The number of hydrogen-bond acceptors (Lipinski definition) is 5. The summed E-state index contributed by atoms with van der Waals surface area (Å²) in [5, 5.41) is 10.9. The van der Waals surface area contributed by atoms with Gasteiger partial charge in [0, 0.05) is 24.7 Å². The number of aryl methyl sites for hydroxylation is 1. The van der Waals surface area contributed by atoms with Crippen LogP contribution in [0.25, 0.3) is 11.3 Å². The summed E-state index contributed by atoms with van der Waals surface area (Å²) in [4.78, 5) is 0.171. The Bertz CT molecular complexity index is 974. The summed E-state index contributed by atoms with van der Waals surface area (Å²) in [6, 6.07) is 7.44. The maximum atomic E-state index is 12.5. The minimum Gasteiger partial charge on any atom is -0.497 e. The minimum atomic E-state index is -3.65. The average Bonchev–Trinajstić information content (AvgIpc) is 3.21. The van der Waals surface area contributed by atoms with Gasteiger partial charge in [-0.05, 0) is 31.2 Å². The normalized spacial score (nSPS) is 11.6. The van der Waals surface area contributed by atoms with Crippen molar-refractivity contribution in [3.05, 3.63) is 47.9 Å². The van der Waals surface area contributed by atoms with Gasteiger partial charge in [0.25, 0.3) is 0 Å². The molecule has 25 heavy (non-hydrogen) atoms. The van der Waals surface area contributed by atoms with Crippen LogP contribution < -0.4 is 9.46 Å². The third-order valence-electron chi connectivity index (χ3n) is 4.03. The molecule has 0 amide bonds. The lowest BCUT2D eigenvalue weighted by molar-refractivity contribution is 0.415. The molecule has 0 aliphatic rings. The van der Waals surface area contributed by atoms with E-state index in [2.05, 4.69) is 20.0 Å². The van der Waals surface area contributed by atoms with Gasteiger partial charge in [-0.25, -0.2) is 13.1 Å². The molecule has 0 atom stereocenters. The summed E-state index contributed by atoms with van der Waals surface area (Å²) >= 11 is 0. The lowest BCUT2D eigenvalue weighted by atomic mass is 10.1. The molecule has 9 heteroatoms. The van der Waals surface area contributed by atoms with Crippen LogP contribution in [0.15, 0.2) is 41.6 Å². The van der Waals surface area contributed by atoms with Crippen molar-refractivity contribution in [2.75, 3.05) is 7.11 Å². The predicted octanol–water partition coefficient (Wildman–Crippen LogP) is 1.61. The van der Waals surface area contributed by atoms with E-state index in [0.29, 0.717) is 5.69 Å². The Morgan fingerprint density at radius 3 is 2.56 bits per heavy atom. The highest BCUT2D eigenvalue weighted by Gasteiger charge is 2.20. The van der Waals surface area contributed by atoms with E-state index in [0.717, 1.165) is 22.6 Å². The molecule has 3 aromatic rings. The summed E-state index contributed by atoms with van der Waals surface area (Å²) < 4.78 is 34.2. The topological polar surface area (TPSA) is 102 Å². The number of rotatable bonds is 6. The van der Waals surface area contributed by atoms with Crippen LogP contribution >= 0.6 is 0 Å². The van der Waals surface area contributed by atoms with E-state index in [1.807, 2.05) is 24.3 Å². The number of sulfonamides is 1. The molecule has 1 aromatic carbocycles. The number of ether oxygens (including phenoxy) is 1. The first-order valence-electron chi connectivity index (χ1n) is 7.57. The van der Waals surface area contributed by atoms with E-state index in [1.165, 1.54) is 10.9 Å². The maximum absolute atomic E-state index is 12.5. The van der Waals surface area contributed by atoms with E-state index >= 15 is 0 Å². The molecule has 132 valence electrons.